The lowest BCUT2D eigenvalue weighted by atomic mass is 10.1. The van der Waals surface area contributed by atoms with E-state index in [2.05, 4.69) is 15.9 Å². The number of phenols is 1. The summed E-state index contributed by atoms with van der Waals surface area (Å²) in [5, 5.41) is 18.9. The van der Waals surface area contributed by atoms with Crippen LogP contribution in [0.3, 0.4) is 0 Å². The molecule has 1 aromatic carbocycles. The van der Waals surface area contributed by atoms with Crippen molar-refractivity contribution in [3.8, 4) is 11.5 Å². The van der Waals surface area contributed by atoms with Gasteiger partial charge in [-0.25, -0.2) is 0 Å². The summed E-state index contributed by atoms with van der Waals surface area (Å²) < 4.78 is 5.65. The number of aromatic hydroxyl groups is 1. The minimum Gasteiger partial charge on any atom is -0.503 e. The Labute approximate surface area is 91.5 Å². The number of hydrogen-bond acceptors (Lipinski definition) is 3. The van der Waals surface area contributed by atoms with Crippen LogP contribution in [0.5, 0.6) is 11.5 Å². The lowest BCUT2D eigenvalue weighted by molar-refractivity contribution is 0.194. The van der Waals surface area contributed by atoms with Crippen LogP contribution in [0, 0.1) is 0 Å². The number of aliphatic hydroxyl groups excluding tert-OH is 1. The second kappa shape index (κ2) is 4.66. The fourth-order valence-electron chi connectivity index (χ4n) is 1.30. The fraction of sp³-hybridized carbons (Fsp3) is 0.400. The summed E-state index contributed by atoms with van der Waals surface area (Å²) in [7, 11) is 1.49. The zero-order valence-electron chi connectivity index (χ0n) is 8.12. The molecule has 0 bridgehead atoms. The van der Waals surface area contributed by atoms with Gasteiger partial charge in [0.05, 0.1) is 17.7 Å². The number of methoxy groups -OCH3 is 1. The van der Waals surface area contributed by atoms with Crippen molar-refractivity contribution in [1.29, 1.82) is 0 Å². The molecule has 0 spiro atoms. The van der Waals surface area contributed by atoms with E-state index in [4.69, 9.17) is 4.74 Å². The Bertz CT molecular complexity index is 323. The number of benzene rings is 1. The van der Waals surface area contributed by atoms with Crippen LogP contribution >= 0.6 is 15.9 Å². The maximum atomic E-state index is 9.64. The Balaban J connectivity index is 3.10. The zero-order chi connectivity index (χ0) is 10.7. The Morgan fingerprint density at radius 3 is 2.64 bits per heavy atom. The number of aliphatic hydroxyl groups is 1. The molecule has 0 amide bonds. The Kier molecular flexibility index (Phi) is 3.77. The molecule has 0 saturated carbocycles. The summed E-state index contributed by atoms with van der Waals surface area (Å²) >= 11 is 3.19. The van der Waals surface area contributed by atoms with Gasteiger partial charge < -0.3 is 14.9 Å². The van der Waals surface area contributed by atoms with Gasteiger partial charge in [0.1, 0.15) is 0 Å². The van der Waals surface area contributed by atoms with Gasteiger partial charge in [-0.3, -0.25) is 0 Å². The summed E-state index contributed by atoms with van der Waals surface area (Å²) in [5.74, 6) is 0.492. The van der Waals surface area contributed by atoms with Crippen molar-refractivity contribution in [2.45, 2.75) is 19.4 Å². The van der Waals surface area contributed by atoms with Crippen LogP contribution in [0.1, 0.15) is 12.5 Å². The molecule has 0 aromatic heterocycles. The van der Waals surface area contributed by atoms with Crippen LogP contribution in [0.25, 0.3) is 0 Å². The van der Waals surface area contributed by atoms with Crippen molar-refractivity contribution in [2.75, 3.05) is 7.11 Å². The van der Waals surface area contributed by atoms with Gasteiger partial charge in [-0.1, -0.05) is 6.07 Å². The van der Waals surface area contributed by atoms with E-state index in [0.717, 1.165) is 5.56 Å². The minimum absolute atomic E-state index is 0.0747. The van der Waals surface area contributed by atoms with E-state index in [-0.39, 0.29) is 5.75 Å². The lowest BCUT2D eigenvalue weighted by Gasteiger charge is -2.12. The molecule has 2 N–H and O–H groups in total. The van der Waals surface area contributed by atoms with Crippen LogP contribution in [-0.2, 0) is 6.42 Å². The molecule has 0 aliphatic rings. The van der Waals surface area contributed by atoms with E-state index >= 15 is 0 Å². The molecule has 0 fully saturated rings. The molecule has 0 radical (unpaired) electrons. The SMILES string of the molecule is COc1c(CC(C)O)ccc(Br)c1O. The largest absolute Gasteiger partial charge is 0.503 e. The van der Waals surface area contributed by atoms with Gasteiger partial charge in [0.2, 0.25) is 0 Å². The van der Waals surface area contributed by atoms with Gasteiger partial charge in [0, 0.05) is 12.0 Å². The summed E-state index contributed by atoms with van der Waals surface area (Å²) in [6, 6.07) is 3.55. The molecule has 4 heteroatoms. The van der Waals surface area contributed by atoms with E-state index < -0.39 is 6.10 Å². The van der Waals surface area contributed by atoms with E-state index in [9.17, 15) is 10.2 Å². The van der Waals surface area contributed by atoms with Gasteiger partial charge in [0.15, 0.2) is 11.5 Å². The van der Waals surface area contributed by atoms with E-state index in [0.29, 0.717) is 16.6 Å². The molecule has 1 unspecified atom stereocenters. The molecule has 78 valence electrons. The normalized spacial score (nSPS) is 12.6. The highest BCUT2D eigenvalue weighted by molar-refractivity contribution is 9.10. The molecule has 0 saturated heterocycles. The van der Waals surface area contributed by atoms with Gasteiger partial charge in [-0.2, -0.15) is 0 Å². The number of phenolic OH excluding ortho intramolecular Hbond substituents is 1. The smallest absolute Gasteiger partial charge is 0.172 e. The Hall–Kier alpha value is -0.740. The number of halogens is 1. The van der Waals surface area contributed by atoms with Crippen molar-refractivity contribution in [3.63, 3.8) is 0 Å². The monoisotopic (exact) mass is 260 g/mol. The molecule has 0 heterocycles. The van der Waals surface area contributed by atoms with Crippen molar-refractivity contribution < 1.29 is 14.9 Å². The average molecular weight is 261 g/mol. The summed E-state index contributed by atoms with van der Waals surface area (Å²) in [6.07, 6.45) is 0.00813. The number of rotatable bonds is 3. The molecule has 3 nitrogen and oxygen atoms in total. The van der Waals surface area contributed by atoms with Crippen LogP contribution in [0.15, 0.2) is 16.6 Å². The first-order chi connectivity index (χ1) is 6.56. The van der Waals surface area contributed by atoms with E-state index in [1.54, 1.807) is 13.0 Å². The van der Waals surface area contributed by atoms with Crippen molar-refractivity contribution in [3.05, 3.63) is 22.2 Å². The molecular weight excluding hydrogens is 248 g/mol. The topological polar surface area (TPSA) is 49.7 Å². The molecule has 1 atom stereocenters. The van der Waals surface area contributed by atoms with E-state index in [1.807, 2.05) is 6.07 Å². The Morgan fingerprint density at radius 1 is 1.50 bits per heavy atom. The van der Waals surface area contributed by atoms with Gasteiger partial charge in [0.25, 0.3) is 0 Å². The molecule has 0 aliphatic heterocycles. The molecular formula is C10H13BrO3. The zero-order valence-corrected chi connectivity index (χ0v) is 9.71. The molecule has 1 aromatic rings. The third-order valence-electron chi connectivity index (χ3n) is 1.88. The van der Waals surface area contributed by atoms with Crippen LogP contribution in [0.2, 0.25) is 0 Å². The molecule has 0 aliphatic carbocycles. The highest BCUT2D eigenvalue weighted by Gasteiger charge is 2.12. The molecule has 1 rings (SSSR count). The highest BCUT2D eigenvalue weighted by Crippen LogP contribution is 2.37. The first kappa shape index (κ1) is 11.3. The summed E-state index contributed by atoms with van der Waals surface area (Å²) in [5.41, 5.74) is 0.795. The summed E-state index contributed by atoms with van der Waals surface area (Å²) in [6.45, 7) is 1.69. The second-order valence-corrected chi connectivity index (χ2v) is 4.00. The number of ether oxygens (including phenoxy) is 1. The van der Waals surface area contributed by atoms with Crippen LogP contribution in [-0.4, -0.2) is 23.4 Å². The van der Waals surface area contributed by atoms with Crippen molar-refractivity contribution >= 4 is 15.9 Å². The predicted molar refractivity (Wildman–Crippen MR) is 57.7 cm³/mol. The average Bonchev–Trinajstić information content (AvgIpc) is 2.11. The second-order valence-electron chi connectivity index (χ2n) is 3.14. The maximum Gasteiger partial charge on any atom is 0.172 e. The molecule has 14 heavy (non-hydrogen) atoms. The lowest BCUT2D eigenvalue weighted by Crippen LogP contribution is -2.05. The van der Waals surface area contributed by atoms with Gasteiger partial charge >= 0.3 is 0 Å². The predicted octanol–water partition coefficient (Wildman–Crippen LogP) is 2.09. The van der Waals surface area contributed by atoms with Crippen LogP contribution in [0.4, 0.5) is 0 Å². The van der Waals surface area contributed by atoms with Crippen LogP contribution < -0.4 is 4.74 Å². The standard InChI is InChI=1S/C10H13BrO3/c1-6(12)5-7-3-4-8(11)9(13)10(7)14-2/h3-4,6,12-13H,5H2,1-2H3. The third-order valence-corrected chi connectivity index (χ3v) is 2.52. The minimum atomic E-state index is -0.454. The first-order valence-corrected chi connectivity index (χ1v) is 5.08. The third kappa shape index (κ3) is 2.39. The number of hydrogen-bond donors (Lipinski definition) is 2. The first-order valence-electron chi connectivity index (χ1n) is 4.28. The summed E-state index contributed by atoms with van der Waals surface area (Å²) in [4.78, 5) is 0. The fourth-order valence-corrected chi connectivity index (χ4v) is 1.61. The Morgan fingerprint density at radius 2 is 2.14 bits per heavy atom. The van der Waals surface area contributed by atoms with E-state index in [1.165, 1.54) is 7.11 Å². The highest BCUT2D eigenvalue weighted by atomic mass is 79.9. The quantitative estimate of drug-likeness (QED) is 0.875. The maximum absolute atomic E-state index is 9.64. The van der Waals surface area contributed by atoms with Crippen molar-refractivity contribution in [1.82, 2.24) is 0 Å². The van der Waals surface area contributed by atoms with Gasteiger partial charge in [-0.15, -0.1) is 0 Å². The van der Waals surface area contributed by atoms with Crippen molar-refractivity contribution in [2.24, 2.45) is 0 Å². The van der Waals surface area contributed by atoms with Gasteiger partial charge in [-0.05, 0) is 28.9 Å².